The first-order chi connectivity index (χ1) is 7.65. The summed E-state index contributed by atoms with van der Waals surface area (Å²) in [5.74, 6) is -0.366. The Morgan fingerprint density at radius 3 is 2.94 bits per heavy atom. The molecular formula is C9H9ClN4O2. The van der Waals surface area contributed by atoms with Crippen molar-refractivity contribution in [1.29, 1.82) is 0 Å². The Labute approximate surface area is 96.2 Å². The lowest BCUT2D eigenvalue weighted by Gasteiger charge is -1.97. The van der Waals surface area contributed by atoms with Crippen molar-refractivity contribution in [2.45, 2.75) is 13.3 Å². The van der Waals surface area contributed by atoms with Crippen molar-refractivity contribution in [3.05, 3.63) is 22.7 Å². The lowest BCUT2D eigenvalue weighted by atomic mass is 10.3. The topological polar surface area (TPSA) is 69.4 Å². The SMILES string of the molecule is CCc1cc(Cl)n2nc(C(=O)OC)nc2n1. The van der Waals surface area contributed by atoms with Crippen molar-refractivity contribution in [3.8, 4) is 0 Å². The van der Waals surface area contributed by atoms with Crippen LogP contribution in [0.3, 0.4) is 0 Å². The zero-order chi connectivity index (χ0) is 11.7. The summed E-state index contributed by atoms with van der Waals surface area (Å²) in [7, 11) is 1.26. The van der Waals surface area contributed by atoms with Crippen LogP contribution in [0.15, 0.2) is 6.07 Å². The van der Waals surface area contributed by atoms with Gasteiger partial charge in [0.25, 0.3) is 11.6 Å². The number of rotatable bonds is 2. The minimum atomic E-state index is -0.611. The number of halogens is 1. The van der Waals surface area contributed by atoms with Crippen LogP contribution in [-0.4, -0.2) is 32.7 Å². The molecule has 16 heavy (non-hydrogen) atoms. The van der Waals surface area contributed by atoms with Gasteiger partial charge < -0.3 is 4.74 Å². The average molecular weight is 241 g/mol. The van der Waals surface area contributed by atoms with Crippen LogP contribution in [0.2, 0.25) is 5.15 Å². The summed E-state index contributed by atoms with van der Waals surface area (Å²) < 4.78 is 5.81. The van der Waals surface area contributed by atoms with Gasteiger partial charge in [0.2, 0.25) is 0 Å². The fourth-order valence-corrected chi connectivity index (χ4v) is 1.48. The molecule has 0 N–H and O–H groups in total. The third kappa shape index (κ3) is 1.71. The van der Waals surface area contributed by atoms with Gasteiger partial charge in [0.1, 0.15) is 5.15 Å². The highest BCUT2D eigenvalue weighted by Gasteiger charge is 2.15. The molecule has 2 heterocycles. The molecule has 0 saturated heterocycles. The van der Waals surface area contributed by atoms with E-state index in [1.807, 2.05) is 6.92 Å². The molecule has 0 fully saturated rings. The molecule has 2 aromatic rings. The lowest BCUT2D eigenvalue weighted by molar-refractivity contribution is 0.0587. The quantitative estimate of drug-likeness (QED) is 0.581. The summed E-state index contributed by atoms with van der Waals surface area (Å²) in [6.45, 7) is 1.95. The number of aryl methyl sites for hydroxylation is 1. The Balaban J connectivity index is 2.61. The summed E-state index contributed by atoms with van der Waals surface area (Å²) in [6, 6.07) is 1.68. The van der Waals surface area contributed by atoms with Crippen LogP contribution < -0.4 is 0 Å². The summed E-state index contributed by atoms with van der Waals surface area (Å²) in [4.78, 5) is 19.3. The minimum Gasteiger partial charge on any atom is -0.463 e. The number of fused-ring (bicyclic) bond motifs is 1. The van der Waals surface area contributed by atoms with Crippen molar-refractivity contribution < 1.29 is 9.53 Å². The monoisotopic (exact) mass is 240 g/mol. The number of hydrogen-bond acceptors (Lipinski definition) is 5. The Bertz CT molecular complexity index is 552. The molecular weight excluding hydrogens is 232 g/mol. The zero-order valence-corrected chi connectivity index (χ0v) is 9.52. The van der Waals surface area contributed by atoms with Gasteiger partial charge in [0, 0.05) is 5.69 Å². The van der Waals surface area contributed by atoms with E-state index < -0.39 is 5.97 Å². The fourth-order valence-electron chi connectivity index (χ4n) is 1.24. The lowest BCUT2D eigenvalue weighted by Crippen LogP contribution is -2.03. The Kier molecular flexibility index (Phi) is 2.74. The third-order valence-electron chi connectivity index (χ3n) is 2.05. The van der Waals surface area contributed by atoms with E-state index in [0.717, 1.165) is 12.1 Å². The molecule has 2 rings (SSSR count). The second kappa shape index (κ2) is 4.05. The van der Waals surface area contributed by atoms with Gasteiger partial charge in [-0.1, -0.05) is 18.5 Å². The van der Waals surface area contributed by atoms with Crippen molar-refractivity contribution in [2.24, 2.45) is 0 Å². The Hall–Kier alpha value is -1.69. The van der Waals surface area contributed by atoms with Crippen molar-refractivity contribution in [2.75, 3.05) is 7.11 Å². The number of nitrogens with zero attached hydrogens (tertiary/aromatic N) is 4. The molecule has 0 amide bonds. The van der Waals surface area contributed by atoms with E-state index in [1.54, 1.807) is 6.07 Å². The van der Waals surface area contributed by atoms with Gasteiger partial charge in [-0.25, -0.2) is 9.78 Å². The summed E-state index contributed by atoms with van der Waals surface area (Å²) in [6.07, 6.45) is 0.733. The average Bonchev–Trinajstić information content (AvgIpc) is 2.72. The van der Waals surface area contributed by atoms with Gasteiger partial charge in [-0.15, -0.1) is 5.10 Å². The molecule has 84 valence electrons. The predicted octanol–water partition coefficient (Wildman–Crippen LogP) is 1.13. The number of methoxy groups -OCH3 is 1. The van der Waals surface area contributed by atoms with E-state index in [4.69, 9.17) is 11.6 Å². The van der Waals surface area contributed by atoms with Crippen LogP contribution in [0.25, 0.3) is 5.78 Å². The molecule has 0 unspecified atom stereocenters. The first kappa shape index (κ1) is 10.8. The molecule has 0 spiro atoms. The van der Waals surface area contributed by atoms with Crippen LogP contribution in [-0.2, 0) is 11.2 Å². The van der Waals surface area contributed by atoms with E-state index in [0.29, 0.717) is 10.9 Å². The second-order valence-electron chi connectivity index (χ2n) is 3.06. The van der Waals surface area contributed by atoms with Crippen LogP contribution in [0.5, 0.6) is 0 Å². The molecule has 0 bridgehead atoms. The normalized spacial score (nSPS) is 10.7. The molecule has 0 aliphatic heterocycles. The Morgan fingerprint density at radius 1 is 1.56 bits per heavy atom. The third-order valence-corrected chi connectivity index (χ3v) is 2.32. The first-order valence-electron chi connectivity index (χ1n) is 4.66. The molecule has 0 saturated carbocycles. The van der Waals surface area contributed by atoms with Gasteiger partial charge >= 0.3 is 5.97 Å². The van der Waals surface area contributed by atoms with Crippen molar-refractivity contribution in [3.63, 3.8) is 0 Å². The number of carbonyl (C=O) groups excluding carboxylic acids is 1. The number of aromatic nitrogens is 4. The van der Waals surface area contributed by atoms with E-state index >= 15 is 0 Å². The minimum absolute atomic E-state index is 0.0508. The molecule has 0 atom stereocenters. The molecule has 2 aromatic heterocycles. The van der Waals surface area contributed by atoms with Gasteiger partial charge in [-0.3, -0.25) is 0 Å². The van der Waals surface area contributed by atoms with E-state index in [1.165, 1.54) is 11.6 Å². The predicted molar refractivity (Wildman–Crippen MR) is 56.5 cm³/mol. The molecule has 0 radical (unpaired) electrons. The maximum atomic E-state index is 11.2. The molecule has 7 heteroatoms. The molecule has 0 aliphatic rings. The van der Waals surface area contributed by atoms with Gasteiger partial charge in [-0.05, 0) is 12.5 Å². The smallest absolute Gasteiger partial charge is 0.378 e. The number of hydrogen-bond donors (Lipinski definition) is 0. The largest absolute Gasteiger partial charge is 0.463 e. The van der Waals surface area contributed by atoms with Gasteiger partial charge in [0.05, 0.1) is 7.11 Å². The highest BCUT2D eigenvalue weighted by Crippen LogP contribution is 2.12. The summed E-state index contributed by atoms with van der Waals surface area (Å²) >= 11 is 5.97. The van der Waals surface area contributed by atoms with Crippen LogP contribution in [0, 0.1) is 0 Å². The van der Waals surface area contributed by atoms with Crippen LogP contribution >= 0.6 is 11.6 Å². The van der Waals surface area contributed by atoms with Crippen LogP contribution in [0.1, 0.15) is 23.2 Å². The van der Waals surface area contributed by atoms with E-state index in [-0.39, 0.29) is 5.82 Å². The molecule has 0 aliphatic carbocycles. The van der Waals surface area contributed by atoms with E-state index in [2.05, 4.69) is 19.8 Å². The highest BCUT2D eigenvalue weighted by atomic mass is 35.5. The standard InChI is InChI=1S/C9H9ClN4O2/c1-3-5-4-6(10)14-9(11-5)12-7(13-14)8(15)16-2/h4H,3H2,1-2H3. The Morgan fingerprint density at radius 2 is 2.31 bits per heavy atom. The summed E-state index contributed by atoms with van der Waals surface area (Å²) in [5.41, 5.74) is 0.793. The second-order valence-corrected chi connectivity index (χ2v) is 3.45. The number of ether oxygens (including phenoxy) is 1. The fraction of sp³-hybridized carbons (Fsp3) is 0.333. The molecule has 6 nitrogen and oxygen atoms in total. The van der Waals surface area contributed by atoms with E-state index in [9.17, 15) is 4.79 Å². The van der Waals surface area contributed by atoms with Crippen LogP contribution in [0.4, 0.5) is 0 Å². The number of esters is 1. The summed E-state index contributed by atoms with van der Waals surface area (Å²) in [5, 5.41) is 4.26. The van der Waals surface area contributed by atoms with Gasteiger partial charge in [-0.2, -0.15) is 9.50 Å². The highest BCUT2D eigenvalue weighted by molar-refractivity contribution is 6.29. The molecule has 0 aromatic carbocycles. The maximum Gasteiger partial charge on any atom is 0.378 e. The first-order valence-corrected chi connectivity index (χ1v) is 5.04. The van der Waals surface area contributed by atoms with Gasteiger partial charge in [0.15, 0.2) is 0 Å². The number of carbonyl (C=O) groups is 1. The van der Waals surface area contributed by atoms with Crippen molar-refractivity contribution in [1.82, 2.24) is 19.6 Å². The zero-order valence-electron chi connectivity index (χ0n) is 8.77. The van der Waals surface area contributed by atoms with Crippen molar-refractivity contribution >= 4 is 23.3 Å². The maximum absolute atomic E-state index is 11.2.